The van der Waals surface area contributed by atoms with E-state index in [2.05, 4.69) is 49.4 Å². The quantitative estimate of drug-likeness (QED) is 0.156. The van der Waals surface area contributed by atoms with Crippen molar-refractivity contribution in [3.63, 3.8) is 0 Å². The number of halogens is 1. The van der Waals surface area contributed by atoms with E-state index >= 15 is 0 Å². The van der Waals surface area contributed by atoms with E-state index in [1.807, 2.05) is 6.07 Å². The average molecular weight is 591 g/mol. The first-order valence-corrected chi connectivity index (χ1v) is 14.4. The lowest BCUT2D eigenvalue weighted by atomic mass is 9.91. The maximum atomic E-state index is 13.2. The third-order valence-corrected chi connectivity index (χ3v) is 7.44. The molecular formula is C29H35ClN10O2. The van der Waals surface area contributed by atoms with Crippen molar-refractivity contribution in [2.24, 2.45) is 10.7 Å². The Morgan fingerprint density at radius 1 is 1.12 bits per heavy atom. The van der Waals surface area contributed by atoms with Crippen molar-refractivity contribution in [1.82, 2.24) is 24.9 Å². The molecule has 2 aliphatic rings. The van der Waals surface area contributed by atoms with Crippen LogP contribution in [0.5, 0.6) is 0 Å². The van der Waals surface area contributed by atoms with Crippen LogP contribution in [0.3, 0.4) is 0 Å². The van der Waals surface area contributed by atoms with E-state index in [1.54, 1.807) is 22.9 Å². The van der Waals surface area contributed by atoms with E-state index < -0.39 is 6.04 Å². The number of pyridine rings is 1. The molecule has 12 nitrogen and oxygen atoms in total. The summed E-state index contributed by atoms with van der Waals surface area (Å²) in [4.78, 5) is 38.1. The van der Waals surface area contributed by atoms with Crippen molar-refractivity contribution in [2.45, 2.75) is 69.1 Å². The van der Waals surface area contributed by atoms with Gasteiger partial charge in [-0.3, -0.25) is 14.6 Å². The molecule has 3 heterocycles. The molecule has 42 heavy (non-hydrogen) atoms. The fraction of sp³-hybridized carbons (Fsp3) is 0.379. The molecule has 0 aliphatic heterocycles. The minimum absolute atomic E-state index is 0.0462. The van der Waals surface area contributed by atoms with Crippen molar-refractivity contribution in [3.05, 3.63) is 66.4 Å². The van der Waals surface area contributed by atoms with Gasteiger partial charge in [0.25, 0.3) is 5.91 Å². The smallest absolute Gasteiger partial charge is 0.276 e. The number of carbonyl (C=O) groups is 2. The number of nitrogens with one attached hydrogen (secondary N) is 4. The van der Waals surface area contributed by atoms with Gasteiger partial charge >= 0.3 is 0 Å². The predicted molar refractivity (Wildman–Crippen MR) is 165 cm³/mol. The molecule has 6 N–H and O–H groups in total. The summed E-state index contributed by atoms with van der Waals surface area (Å²) in [5, 5.41) is 18.0. The second-order valence-electron chi connectivity index (χ2n) is 10.7. The summed E-state index contributed by atoms with van der Waals surface area (Å²) in [5.74, 6) is 0.0825. The number of hydrogen-bond donors (Lipinski definition) is 5. The largest absolute Gasteiger partial charge is 0.379 e. The van der Waals surface area contributed by atoms with E-state index in [-0.39, 0.29) is 29.1 Å². The number of nitrogens with two attached hydrogens (primary N) is 1. The highest BCUT2D eigenvalue weighted by Crippen LogP contribution is 2.30. The van der Waals surface area contributed by atoms with Crippen LogP contribution in [-0.2, 0) is 4.79 Å². The molecule has 2 amide bonds. The first-order valence-electron chi connectivity index (χ1n) is 14.0. The topological polar surface area (TPSA) is 164 Å². The van der Waals surface area contributed by atoms with Crippen LogP contribution in [0.25, 0.3) is 5.65 Å². The van der Waals surface area contributed by atoms with Crippen molar-refractivity contribution in [2.75, 3.05) is 16.0 Å². The van der Waals surface area contributed by atoms with Crippen LogP contribution in [0, 0.1) is 0 Å². The van der Waals surface area contributed by atoms with Gasteiger partial charge in [-0.1, -0.05) is 24.8 Å². The number of rotatable bonds is 12. The highest BCUT2D eigenvalue weighted by molar-refractivity contribution is 6.29. The fourth-order valence-corrected chi connectivity index (χ4v) is 5.08. The van der Waals surface area contributed by atoms with E-state index in [0.29, 0.717) is 40.9 Å². The van der Waals surface area contributed by atoms with Gasteiger partial charge < -0.3 is 27.0 Å². The SMILES string of the molecule is C=CN=CC(=C)C[C@@H](N)C(=O)NC1CCC(Nc2cc(NC3CC3)c3ncc(C(=O)Nc4ccnc(Cl)c4)n3n2)CC1. The molecule has 3 aromatic rings. The number of hydrogen-bond acceptors (Lipinski definition) is 9. The number of aliphatic imine (C=N–C) groups is 1. The summed E-state index contributed by atoms with van der Waals surface area (Å²) >= 11 is 5.97. The summed E-state index contributed by atoms with van der Waals surface area (Å²) in [5.41, 5.74) is 8.96. The van der Waals surface area contributed by atoms with Gasteiger partial charge in [0.1, 0.15) is 11.0 Å². The Kier molecular flexibility index (Phi) is 9.13. The molecule has 0 saturated heterocycles. The number of fused-ring (bicyclic) bond motifs is 1. The van der Waals surface area contributed by atoms with Crippen molar-refractivity contribution in [1.29, 1.82) is 0 Å². The summed E-state index contributed by atoms with van der Waals surface area (Å²) in [6.07, 6.45) is 11.8. The summed E-state index contributed by atoms with van der Waals surface area (Å²) in [6, 6.07) is 5.08. The highest BCUT2D eigenvalue weighted by atomic mass is 35.5. The van der Waals surface area contributed by atoms with Crippen LogP contribution in [0.2, 0.25) is 5.15 Å². The second-order valence-corrected chi connectivity index (χ2v) is 11.1. The van der Waals surface area contributed by atoms with Gasteiger partial charge in [0.15, 0.2) is 11.3 Å². The van der Waals surface area contributed by atoms with Gasteiger partial charge in [-0.2, -0.15) is 0 Å². The number of amides is 2. The number of aromatic nitrogens is 4. The number of nitrogens with zero attached hydrogens (tertiary/aromatic N) is 5. The summed E-state index contributed by atoms with van der Waals surface area (Å²) in [7, 11) is 0. The standard InChI is InChI=1S/C29H35ClN10O2/c1-3-32-15-17(2)12-22(31)28(41)37-20-8-6-19(7-9-20)36-26-14-23(35-18-4-5-18)27-34-16-24(40(27)39-26)29(42)38-21-10-11-33-25(30)13-21/h3,10-11,13-16,18-20,22,35H,1-2,4-9,12,31H2,(H,36,39)(H,37,41)(H,33,38,42)/t19?,20?,22-/m1/s1. The molecule has 13 heteroatoms. The Morgan fingerprint density at radius 2 is 1.83 bits per heavy atom. The molecule has 3 aromatic heterocycles. The molecule has 2 aliphatic carbocycles. The second kappa shape index (κ2) is 13.1. The minimum Gasteiger partial charge on any atom is -0.379 e. The van der Waals surface area contributed by atoms with Gasteiger partial charge in [0.05, 0.1) is 17.9 Å². The molecule has 0 spiro atoms. The molecule has 0 unspecified atom stereocenters. The maximum absolute atomic E-state index is 13.2. The lowest BCUT2D eigenvalue weighted by Gasteiger charge is -2.30. The number of carbonyl (C=O) groups excluding carboxylic acids is 2. The van der Waals surface area contributed by atoms with E-state index in [4.69, 9.17) is 22.4 Å². The molecular weight excluding hydrogens is 556 g/mol. The van der Waals surface area contributed by atoms with Crippen LogP contribution >= 0.6 is 11.6 Å². The van der Waals surface area contributed by atoms with Crippen LogP contribution in [0.1, 0.15) is 55.4 Å². The van der Waals surface area contributed by atoms with Crippen molar-refractivity contribution in [3.8, 4) is 0 Å². The normalized spacial score (nSPS) is 19.3. The van der Waals surface area contributed by atoms with Gasteiger partial charge in [-0.05, 0) is 62.7 Å². The van der Waals surface area contributed by atoms with E-state index in [1.165, 1.54) is 18.6 Å². The zero-order chi connectivity index (χ0) is 29.6. The Hall–Kier alpha value is -4.29. The van der Waals surface area contributed by atoms with Crippen molar-refractivity contribution < 1.29 is 9.59 Å². The Morgan fingerprint density at radius 3 is 2.55 bits per heavy atom. The zero-order valence-corrected chi connectivity index (χ0v) is 24.0. The van der Waals surface area contributed by atoms with Crippen LogP contribution in [0.15, 0.2) is 60.5 Å². The molecule has 0 aromatic carbocycles. The Balaban J connectivity index is 1.23. The molecule has 2 saturated carbocycles. The maximum Gasteiger partial charge on any atom is 0.276 e. The fourth-order valence-electron chi connectivity index (χ4n) is 4.91. The lowest BCUT2D eigenvalue weighted by Crippen LogP contribution is -2.47. The van der Waals surface area contributed by atoms with Gasteiger partial charge in [-0.15, -0.1) is 5.10 Å². The minimum atomic E-state index is -0.685. The van der Waals surface area contributed by atoms with Gasteiger partial charge in [0, 0.05) is 48.5 Å². The highest BCUT2D eigenvalue weighted by Gasteiger charge is 2.27. The van der Waals surface area contributed by atoms with Crippen LogP contribution in [-0.4, -0.2) is 61.8 Å². The molecule has 0 radical (unpaired) electrons. The average Bonchev–Trinajstić information content (AvgIpc) is 3.67. The zero-order valence-electron chi connectivity index (χ0n) is 23.2. The van der Waals surface area contributed by atoms with E-state index in [0.717, 1.165) is 44.2 Å². The molecule has 2 fully saturated rings. The van der Waals surface area contributed by atoms with Crippen LogP contribution < -0.4 is 27.0 Å². The Bertz CT molecular complexity index is 1510. The molecule has 1 atom stereocenters. The third-order valence-electron chi connectivity index (χ3n) is 7.23. The molecule has 0 bridgehead atoms. The number of imidazole rings is 1. The predicted octanol–water partition coefficient (Wildman–Crippen LogP) is 3.93. The molecule has 5 rings (SSSR count). The Labute approximate surface area is 248 Å². The molecule has 220 valence electrons. The van der Waals surface area contributed by atoms with Gasteiger partial charge in [-0.25, -0.2) is 14.5 Å². The van der Waals surface area contributed by atoms with E-state index in [9.17, 15) is 9.59 Å². The summed E-state index contributed by atoms with van der Waals surface area (Å²) < 4.78 is 1.56. The summed E-state index contributed by atoms with van der Waals surface area (Å²) in [6.45, 7) is 7.40. The number of anilines is 3. The monoisotopic (exact) mass is 590 g/mol. The first kappa shape index (κ1) is 29.2. The van der Waals surface area contributed by atoms with Crippen molar-refractivity contribution >= 4 is 52.5 Å². The van der Waals surface area contributed by atoms with Crippen LogP contribution in [0.4, 0.5) is 17.2 Å². The lowest BCUT2D eigenvalue weighted by molar-refractivity contribution is -0.123. The van der Waals surface area contributed by atoms with Gasteiger partial charge in [0.2, 0.25) is 5.91 Å². The third kappa shape index (κ3) is 7.51. The first-order chi connectivity index (χ1) is 20.3.